The predicted molar refractivity (Wildman–Crippen MR) is 83.8 cm³/mol. The number of para-hydroxylation sites is 2. The number of hydrogen-bond donors (Lipinski definition) is 2. The number of benzene rings is 2. The van der Waals surface area contributed by atoms with E-state index in [1.165, 1.54) is 12.1 Å². The monoisotopic (exact) mass is 298 g/mol. The SMILES string of the molecule is CCOc1ccccc1NC(=O)c1cc2cc(F)ccc2[nH]1. The Morgan fingerprint density at radius 1 is 1.23 bits per heavy atom. The Balaban J connectivity index is 1.87. The first-order chi connectivity index (χ1) is 10.7. The lowest BCUT2D eigenvalue weighted by molar-refractivity contribution is 0.102. The fourth-order valence-corrected chi connectivity index (χ4v) is 2.27. The number of carbonyl (C=O) groups excluding carboxylic acids is 1. The van der Waals surface area contributed by atoms with Gasteiger partial charge in [-0.3, -0.25) is 4.79 Å². The molecule has 3 rings (SSSR count). The van der Waals surface area contributed by atoms with Crippen molar-refractivity contribution in [1.29, 1.82) is 0 Å². The third-order valence-electron chi connectivity index (χ3n) is 3.26. The van der Waals surface area contributed by atoms with Crippen LogP contribution in [0, 0.1) is 5.82 Å². The number of carbonyl (C=O) groups is 1. The van der Waals surface area contributed by atoms with Gasteiger partial charge in [-0.05, 0) is 43.3 Å². The molecule has 112 valence electrons. The van der Waals surface area contributed by atoms with Crippen molar-refractivity contribution in [2.75, 3.05) is 11.9 Å². The van der Waals surface area contributed by atoms with Crippen molar-refractivity contribution < 1.29 is 13.9 Å². The van der Waals surface area contributed by atoms with Crippen LogP contribution in [0.4, 0.5) is 10.1 Å². The number of amides is 1. The molecular weight excluding hydrogens is 283 g/mol. The molecule has 0 atom stereocenters. The Bertz CT molecular complexity index is 826. The topological polar surface area (TPSA) is 54.1 Å². The van der Waals surface area contributed by atoms with Crippen LogP contribution in [0.1, 0.15) is 17.4 Å². The lowest BCUT2D eigenvalue weighted by atomic mass is 10.2. The number of H-pyrrole nitrogens is 1. The van der Waals surface area contributed by atoms with E-state index >= 15 is 0 Å². The van der Waals surface area contributed by atoms with Crippen molar-refractivity contribution in [3.05, 3.63) is 60.0 Å². The molecule has 0 aliphatic rings. The molecule has 22 heavy (non-hydrogen) atoms. The average molecular weight is 298 g/mol. The third kappa shape index (κ3) is 2.79. The van der Waals surface area contributed by atoms with Crippen molar-refractivity contribution in [2.45, 2.75) is 6.92 Å². The molecule has 0 aliphatic carbocycles. The van der Waals surface area contributed by atoms with Crippen molar-refractivity contribution in [3.8, 4) is 5.75 Å². The van der Waals surface area contributed by atoms with Gasteiger partial charge in [0.25, 0.3) is 5.91 Å². The lowest BCUT2D eigenvalue weighted by Crippen LogP contribution is -2.13. The van der Waals surface area contributed by atoms with Gasteiger partial charge >= 0.3 is 0 Å². The predicted octanol–water partition coefficient (Wildman–Crippen LogP) is 3.96. The van der Waals surface area contributed by atoms with Gasteiger partial charge in [-0.1, -0.05) is 12.1 Å². The maximum Gasteiger partial charge on any atom is 0.272 e. The first-order valence-corrected chi connectivity index (χ1v) is 6.99. The molecule has 0 radical (unpaired) electrons. The van der Waals surface area contributed by atoms with Crippen molar-refractivity contribution in [1.82, 2.24) is 4.98 Å². The van der Waals surface area contributed by atoms with Crippen LogP contribution in [0.2, 0.25) is 0 Å². The van der Waals surface area contributed by atoms with Gasteiger partial charge in [-0.25, -0.2) is 4.39 Å². The van der Waals surface area contributed by atoms with E-state index in [4.69, 9.17) is 4.74 Å². The number of anilines is 1. The van der Waals surface area contributed by atoms with E-state index in [2.05, 4.69) is 10.3 Å². The highest BCUT2D eigenvalue weighted by molar-refractivity contribution is 6.06. The first-order valence-electron chi connectivity index (χ1n) is 6.99. The summed E-state index contributed by atoms with van der Waals surface area (Å²) in [5, 5.41) is 3.45. The Morgan fingerprint density at radius 3 is 2.86 bits per heavy atom. The minimum Gasteiger partial charge on any atom is -0.492 e. The van der Waals surface area contributed by atoms with Gasteiger partial charge in [0, 0.05) is 10.9 Å². The summed E-state index contributed by atoms with van der Waals surface area (Å²) in [6.45, 7) is 2.39. The first kappa shape index (κ1) is 14.1. The molecule has 2 aromatic carbocycles. The normalized spacial score (nSPS) is 10.6. The fourth-order valence-electron chi connectivity index (χ4n) is 2.27. The lowest BCUT2D eigenvalue weighted by Gasteiger charge is -2.10. The van der Waals surface area contributed by atoms with Crippen molar-refractivity contribution in [3.63, 3.8) is 0 Å². The number of ether oxygens (including phenoxy) is 1. The van der Waals surface area contributed by atoms with E-state index in [0.29, 0.717) is 34.6 Å². The highest BCUT2D eigenvalue weighted by atomic mass is 19.1. The molecule has 1 amide bonds. The van der Waals surface area contributed by atoms with Gasteiger partial charge in [-0.2, -0.15) is 0 Å². The minimum atomic E-state index is -0.333. The van der Waals surface area contributed by atoms with Crippen molar-refractivity contribution in [2.24, 2.45) is 0 Å². The third-order valence-corrected chi connectivity index (χ3v) is 3.26. The molecule has 0 fully saturated rings. The Kier molecular flexibility index (Phi) is 3.78. The van der Waals surface area contributed by atoms with E-state index in [0.717, 1.165) is 0 Å². The number of nitrogens with one attached hydrogen (secondary N) is 2. The molecule has 5 heteroatoms. The Morgan fingerprint density at radius 2 is 2.05 bits per heavy atom. The average Bonchev–Trinajstić information content (AvgIpc) is 2.92. The van der Waals surface area contributed by atoms with Gasteiger partial charge < -0.3 is 15.0 Å². The zero-order chi connectivity index (χ0) is 15.5. The summed E-state index contributed by atoms with van der Waals surface area (Å²) in [5.74, 6) is -0.0237. The van der Waals surface area contributed by atoms with E-state index in [9.17, 15) is 9.18 Å². The standard InChI is InChI=1S/C17H15FN2O2/c1-2-22-16-6-4-3-5-14(16)20-17(21)15-10-11-9-12(18)7-8-13(11)19-15/h3-10,19H,2H2,1H3,(H,20,21). The summed E-state index contributed by atoms with van der Waals surface area (Å²) in [4.78, 5) is 15.3. The number of hydrogen-bond acceptors (Lipinski definition) is 2. The Labute approximate surface area is 126 Å². The summed E-state index contributed by atoms with van der Waals surface area (Å²) in [5.41, 5.74) is 1.68. The van der Waals surface area contributed by atoms with Crippen LogP contribution in [-0.2, 0) is 0 Å². The number of fused-ring (bicyclic) bond motifs is 1. The molecule has 3 aromatic rings. The molecule has 4 nitrogen and oxygen atoms in total. The number of rotatable bonds is 4. The second kappa shape index (κ2) is 5.89. The van der Waals surface area contributed by atoms with E-state index in [1.807, 2.05) is 19.1 Å². The van der Waals surface area contributed by atoms with Gasteiger partial charge in [0.05, 0.1) is 12.3 Å². The fraction of sp³-hybridized carbons (Fsp3) is 0.118. The maximum absolute atomic E-state index is 13.2. The van der Waals surface area contributed by atoms with Crippen LogP contribution in [0.15, 0.2) is 48.5 Å². The van der Waals surface area contributed by atoms with E-state index in [-0.39, 0.29) is 11.7 Å². The number of aromatic amines is 1. The van der Waals surface area contributed by atoms with Gasteiger partial charge in [0.1, 0.15) is 17.3 Å². The van der Waals surface area contributed by atoms with E-state index in [1.54, 1.807) is 24.3 Å². The van der Waals surface area contributed by atoms with Gasteiger partial charge in [0.2, 0.25) is 0 Å². The molecule has 0 spiro atoms. The molecule has 1 heterocycles. The maximum atomic E-state index is 13.2. The van der Waals surface area contributed by atoms with Crippen LogP contribution >= 0.6 is 0 Å². The zero-order valence-corrected chi connectivity index (χ0v) is 12.0. The molecule has 1 aromatic heterocycles. The summed E-state index contributed by atoms with van der Waals surface area (Å²) >= 11 is 0. The quantitative estimate of drug-likeness (QED) is 0.766. The van der Waals surface area contributed by atoms with Crippen LogP contribution in [0.3, 0.4) is 0 Å². The largest absolute Gasteiger partial charge is 0.492 e. The number of aromatic nitrogens is 1. The molecule has 0 saturated heterocycles. The summed E-state index contributed by atoms with van der Waals surface area (Å²) in [6, 6.07) is 13.2. The van der Waals surface area contributed by atoms with Crippen LogP contribution in [-0.4, -0.2) is 17.5 Å². The highest BCUT2D eigenvalue weighted by Gasteiger charge is 2.12. The van der Waals surface area contributed by atoms with Crippen LogP contribution in [0.25, 0.3) is 10.9 Å². The Hall–Kier alpha value is -2.82. The minimum absolute atomic E-state index is 0.302. The smallest absolute Gasteiger partial charge is 0.272 e. The second-order valence-electron chi connectivity index (χ2n) is 4.80. The van der Waals surface area contributed by atoms with Crippen LogP contribution in [0.5, 0.6) is 5.75 Å². The molecule has 0 unspecified atom stereocenters. The second-order valence-corrected chi connectivity index (χ2v) is 4.80. The molecule has 0 aliphatic heterocycles. The molecular formula is C17H15FN2O2. The molecule has 0 saturated carbocycles. The molecule has 0 bridgehead atoms. The molecule has 2 N–H and O–H groups in total. The highest BCUT2D eigenvalue weighted by Crippen LogP contribution is 2.25. The number of halogens is 1. The zero-order valence-electron chi connectivity index (χ0n) is 12.0. The van der Waals surface area contributed by atoms with Crippen molar-refractivity contribution >= 4 is 22.5 Å². The van der Waals surface area contributed by atoms with Gasteiger partial charge in [-0.15, -0.1) is 0 Å². The van der Waals surface area contributed by atoms with Crippen LogP contribution < -0.4 is 10.1 Å². The summed E-state index contributed by atoms with van der Waals surface area (Å²) in [6.07, 6.45) is 0. The summed E-state index contributed by atoms with van der Waals surface area (Å²) in [7, 11) is 0. The van der Waals surface area contributed by atoms with Gasteiger partial charge in [0.15, 0.2) is 0 Å². The van der Waals surface area contributed by atoms with E-state index < -0.39 is 0 Å². The summed E-state index contributed by atoms with van der Waals surface area (Å²) < 4.78 is 18.7.